The van der Waals surface area contributed by atoms with Crippen molar-refractivity contribution >= 4 is 11.9 Å². The molecule has 3 rings (SSSR count). The Balaban J connectivity index is 1.42. The molecule has 0 radical (unpaired) electrons. The van der Waals surface area contributed by atoms with Crippen molar-refractivity contribution in [2.75, 3.05) is 24.5 Å². The highest BCUT2D eigenvalue weighted by molar-refractivity contribution is 5.75. The smallest absolute Gasteiger partial charge is 0.225 e. The fraction of sp³-hybridized carbons (Fsp3) is 0.556. The molecule has 1 aliphatic rings. The lowest BCUT2D eigenvalue weighted by atomic mass is 9.98. The molecule has 1 fully saturated rings. The molecule has 1 atom stereocenters. The fourth-order valence-electron chi connectivity index (χ4n) is 3.29. The third kappa shape index (κ3) is 4.78. The van der Waals surface area contributed by atoms with Crippen LogP contribution in [0.25, 0.3) is 0 Å². The Kier molecular flexibility index (Phi) is 5.98. The molecular formula is C18H26N6O. The lowest BCUT2D eigenvalue weighted by Gasteiger charge is -2.32. The van der Waals surface area contributed by atoms with Gasteiger partial charge < -0.3 is 14.8 Å². The van der Waals surface area contributed by atoms with Crippen LogP contribution in [0.1, 0.15) is 32.0 Å². The Morgan fingerprint density at radius 1 is 1.28 bits per heavy atom. The topological polar surface area (TPSA) is 75.9 Å². The van der Waals surface area contributed by atoms with Crippen molar-refractivity contribution in [1.29, 1.82) is 0 Å². The first kappa shape index (κ1) is 17.4. The van der Waals surface area contributed by atoms with E-state index in [0.717, 1.165) is 44.1 Å². The number of piperidine rings is 1. The van der Waals surface area contributed by atoms with E-state index in [2.05, 4.69) is 36.7 Å². The van der Waals surface area contributed by atoms with Crippen LogP contribution >= 0.6 is 0 Å². The molecule has 1 N–H and O–H groups in total. The number of aromatic nitrogens is 4. The summed E-state index contributed by atoms with van der Waals surface area (Å²) in [6.07, 6.45) is 10.9. The fourth-order valence-corrected chi connectivity index (χ4v) is 3.29. The molecule has 0 aromatic carbocycles. The maximum Gasteiger partial charge on any atom is 0.225 e. The van der Waals surface area contributed by atoms with Gasteiger partial charge in [0.1, 0.15) is 5.82 Å². The van der Waals surface area contributed by atoms with Crippen molar-refractivity contribution in [3.8, 4) is 0 Å². The van der Waals surface area contributed by atoms with Gasteiger partial charge in [-0.15, -0.1) is 0 Å². The van der Waals surface area contributed by atoms with Crippen LogP contribution in [0.2, 0.25) is 0 Å². The third-order valence-electron chi connectivity index (χ3n) is 4.64. The zero-order valence-electron chi connectivity index (χ0n) is 14.8. The van der Waals surface area contributed by atoms with E-state index in [1.54, 1.807) is 18.6 Å². The number of hydrogen-bond acceptors (Lipinski definition) is 5. The molecule has 1 amide bonds. The molecule has 1 unspecified atom stereocenters. The molecule has 1 aliphatic heterocycles. The Bertz CT molecular complexity index is 671. The highest BCUT2D eigenvalue weighted by atomic mass is 16.1. The van der Waals surface area contributed by atoms with E-state index in [0.29, 0.717) is 25.4 Å². The Morgan fingerprint density at radius 2 is 2.12 bits per heavy atom. The van der Waals surface area contributed by atoms with Gasteiger partial charge in [-0.05, 0) is 24.8 Å². The Labute approximate surface area is 148 Å². The van der Waals surface area contributed by atoms with Gasteiger partial charge in [0.25, 0.3) is 0 Å². The van der Waals surface area contributed by atoms with Gasteiger partial charge in [0.2, 0.25) is 11.9 Å². The zero-order valence-corrected chi connectivity index (χ0v) is 14.8. The van der Waals surface area contributed by atoms with Crippen LogP contribution in [0.4, 0.5) is 5.95 Å². The number of nitrogens with one attached hydrogen (secondary N) is 1. The number of carbonyl (C=O) groups is 1. The minimum Gasteiger partial charge on any atom is -0.356 e. The average Bonchev–Trinajstić information content (AvgIpc) is 3.13. The molecule has 7 nitrogen and oxygen atoms in total. The summed E-state index contributed by atoms with van der Waals surface area (Å²) < 4.78 is 2.05. The van der Waals surface area contributed by atoms with E-state index in [-0.39, 0.29) is 5.91 Å². The van der Waals surface area contributed by atoms with Crippen molar-refractivity contribution in [2.45, 2.75) is 39.2 Å². The molecule has 134 valence electrons. The summed E-state index contributed by atoms with van der Waals surface area (Å²) in [7, 11) is 0. The van der Waals surface area contributed by atoms with Gasteiger partial charge >= 0.3 is 0 Å². The number of hydrogen-bond donors (Lipinski definition) is 1. The highest BCUT2D eigenvalue weighted by Gasteiger charge is 2.22. The lowest BCUT2D eigenvalue weighted by molar-refractivity contribution is -0.121. The number of amides is 1. The monoisotopic (exact) mass is 342 g/mol. The Hall–Kier alpha value is -2.44. The first-order chi connectivity index (χ1) is 12.3. The molecule has 2 aromatic rings. The molecule has 1 saturated heterocycles. The van der Waals surface area contributed by atoms with Crippen LogP contribution in [0, 0.1) is 5.92 Å². The van der Waals surface area contributed by atoms with Crippen LogP contribution in [0.5, 0.6) is 0 Å². The summed E-state index contributed by atoms with van der Waals surface area (Å²) in [6.45, 7) is 5.35. The van der Waals surface area contributed by atoms with E-state index in [1.165, 1.54) is 0 Å². The van der Waals surface area contributed by atoms with E-state index in [1.807, 2.05) is 12.3 Å². The van der Waals surface area contributed by atoms with Gasteiger partial charge in [-0.1, -0.05) is 6.92 Å². The summed E-state index contributed by atoms with van der Waals surface area (Å²) in [5.41, 5.74) is 0. The molecule has 25 heavy (non-hydrogen) atoms. The molecule has 0 spiro atoms. The number of anilines is 1. The van der Waals surface area contributed by atoms with E-state index in [9.17, 15) is 4.79 Å². The maximum atomic E-state index is 12.1. The van der Waals surface area contributed by atoms with Crippen molar-refractivity contribution in [2.24, 2.45) is 5.92 Å². The second-order valence-corrected chi connectivity index (χ2v) is 6.45. The first-order valence-corrected chi connectivity index (χ1v) is 9.05. The number of carbonyl (C=O) groups excluding carboxylic acids is 1. The Morgan fingerprint density at radius 3 is 2.92 bits per heavy atom. The summed E-state index contributed by atoms with van der Waals surface area (Å²) in [5, 5.41) is 3.08. The van der Waals surface area contributed by atoms with Gasteiger partial charge in [0, 0.05) is 63.8 Å². The van der Waals surface area contributed by atoms with Crippen molar-refractivity contribution in [3.05, 3.63) is 36.7 Å². The van der Waals surface area contributed by atoms with Crippen LogP contribution in [0.3, 0.4) is 0 Å². The largest absolute Gasteiger partial charge is 0.356 e. The standard InChI is InChI=1S/C18H26N6O/c1-2-16-19-9-12-23(16)11-6-17(25)22-13-15-5-3-10-24(14-15)18-20-7-4-8-21-18/h4,7-9,12,15H,2-3,5-6,10-11,13-14H2,1H3,(H,22,25). The molecular weight excluding hydrogens is 316 g/mol. The maximum absolute atomic E-state index is 12.1. The normalized spacial score (nSPS) is 17.5. The number of aryl methyl sites for hydroxylation is 2. The van der Waals surface area contributed by atoms with Crippen molar-refractivity contribution < 1.29 is 4.79 Å². The molecule has 0 aliphatic carbocycles. The third-order valence-corrected chi connectivity index (χ3v) is 4.64. The zero-order chi connectivity index (χ0) is 17.5. The number of rotatable bonds is 7. The summed E-state index contributed by atoms with van der Waals surface area (Å²) >= 11 is 0. The minimum atomic E-state index is 0.101. The van der Waals surface area contributed by atoms with E-state index < -0.39 is 0 Å². The van der Waals surface area contributed by atoms with Gasteiger partial charge in [-0.2, -0.15) is 0 Å². The molecule has 2 aromatic heterocycles. The number of nitrogens with zero attached hydrogens (tertiary/aromatic N) is 5. The molecule has 0 saturated carbocycles. The second-order valence-electron chi connectivity index (χ2n) is 6.45. The van der Waals surface area contributed by atoms with Crippen molar-refractivity contribution in [1.82, 2.24) is 24.8 Å². The summed E-state index contributed by atoms with van der Waals surface area (Å²) in [4.78, 5) is 27.3. The van der Waals surface area contributed by atoms with Crippen LogP contribution in [0.15, 0.2) is 30.9 Å². The predicted molar refractivity (Wildman–Crippen MR) is 96.2 cm³/mol. The van der Waals surface area contributed by atoms with Crippen LogP contribution in [-0.4, -0.2) is 45.1 Å². The summed E-state index contributed by atoms with van der Waals surface area (Å²) in [6, 6.07) is 1.83. The average molecular weight is 342 g/mol. The SMILES string of the molecule is CCc1nccn1CCC(=O)NCC1CCCN(c2ncccn2)C1. The van der Waals surface area contributed by atoms with Crippen LogP contribution in [-0.2, 0) is 17.8 Å². The lowest BCUT2D eigenvalue weighted by Crippen LogP contribution is -2.41. The van der Waals surface area contributed by atoms with Gasteiger partial charge in [-0.3, -0.25) is 4.79 Å². The molecule has 3 heterocycles. The molecule has 7 heteroatoms. The van der Waals surface area contributed by atoms with E-state index in [4.69, 9.17) is 0 Å². The van der Waals surface area contributed by atoms with Gasteiger partial charge in [0.05, 0.1) is 0 Å². The minimum absolute atomic E-state index is 0.101. The van der Waals surface area contributed by atoms with E-state index >= 15 is 0 Å². The van der Waals surface area contributed by atoms with Crippen molar-refractivity contribution in [3.63, 3.8) is 0 Å². The number of imidazole rings is 1. The van der Waals surface area contributed by atoms with Gasteiger partial charge in [0.15, 0.2) is 0 Å². The quantitative estimate of drug-likeness (QED) is 0.828. The van der Waals surface area contributed by atoms with Crippen LogP contribution < -0.4 is 10.2 Å². The first-order valence-electron chi connectivity index (χ1n) is 9.05. The highest BCUT2D eigenvalue weighted by Crippen LogP contribution is 2.19. The second kappa shape index (κ2) is 8.60. The summed E-state index contributed by atoms with van der Waals surface area (Å²) in [5.74, 6) is 2.36. The molecule has 0 bridgehead atoms. The van der Waals surface area contributed by atoms with Gasteiger partial charge in [-0.25, -0.2) is 15.0 Å². The predicted octanol–water partition coefficient (Wildman–Crippen LogP) is 1.66.